The number of hydrogen-bond acceptors (Lipinski definition) is 3. The van der Waals surface area contributed by atoms with E-state index in [2.05, 4.69) is 5.32 Å². The smallest absolute Gasteiger partial charge is 0.330 e. The first-order valence-corrected chi connectivity index (χ1v) is 8.90. The van der Waals surface area contributed by atoms with Crippen LogP contribution in [0.3, 0.4) is 0 Å². The molecule has 5 heteroatoms. The Labute approximate surface area is 139 Å². The van der Waals surface area contributed by atoms with E-state index >= 15 is 0 Å². The lowest BCUT2D eigenvalue weighted by Crippen LogP contribution is -2.38. The maximum absolute atomic E-state index is 12.4. The van der Waals surface area contributed by atoms with Crippen LogP contribution in [0.5, 0.6) is 0 Å². The van der Waals surface area contributed by atoms with Gasteiger partial charge in [-0.2, -0.15) is 11.8 Å². The Morgan fingerprint density at radius 2 is 1.78 bits per heavy atom. The van der Waals surface area contributed by atoms with E-state index in [1.165, 1.54) is 0 Å². The molecule has 2 aromatic carbocycles. The molecule has 1 saturated heterocycles. The largest absolute Gasteiger partial charge is 0.479 e. The van der Waals surface area contributed by atoms with Crippen molar-refractivity contribution in [3.05, 3.63) is 48.0 Å². The second kappa shape index (κ2) is 7.04. The number of carbonyl (C=O) groups is 2. The van der Waals surface area contributed by atoms with E-state index < -0.39 is 12.0 Å². The topological polar surface area (TPSA) is 66.4 Å². The molecule has 2 aromatic rings. The number of fused-ring (bicyclic) bond motifs is 1. The van der Waals surface area contributed by atoms with Crippen molar-refractivity contribution in [3.63, 3.8) is 0 Å². The third kappa shape index (κ3) is 3.67. The normalized spacial score (nSPS) is 16.9. The summed E-state index contributed by atoms with van der Waals surface area (Å²) in [6, 6.07) is 12.3. The van der Waals surface area contributed by atoms with Crippen molar-refractivity contribution in [3.8, 4) is 0 Å². The molecule has 0 radical (unpaired) electrons. The van der Waals surface area contributed by atoms with Gasteiger partial charge in [0.2, 0.25) is 5.91 Å². The van der Waals surface area contributed by atoms with Gasteiger partial charge in [0.1, 0.15) is 0 Å². The molecule has 1 unspecified atom stereocenters. The van der Waals surface area contributed by atoms with Crippen LogP contribution in [0.1, 0.15) is 24.4 Å². The summed E-state index contributed by atoms with van der Waals surface area (Å²) in [5.74, 6) is 0.681. The van der Waals surface area contributed by atoms with Gasteiger partial charge in [-0.15, -0.1) is 0 Å². The average molecular weight is 329 g/mol. The molecule has 1 atom stereocenters. The molecular weight excluding hydrogens is 310 g/mol. The van der Waals surface area contributed by atoms with Gasteiger partial charge in [-0.25, -0.2) is 4.79 Å². The Morgan fingerprint density at radius 1 is 1.09 bits per heavy atom. The van der Waals surface area contributed by atoms with Crippen molar-refractivity contribution in [2.75, 3.05) is 11.5 Å². The van der Waals surface area contributed by atoms with Gasteiger partial charge in [-0.05, 0) is 46.7 Å². The van der Waals surface area contributed by atoms with Crippen LogP contribution in [-0.2, 0) is 9.59 Å². The number of thioether (sulfide) groups is 1. The van der Waals surface area contributed by atoms with Crippen molar-refractivity contribution in [1.29, 1.82) is 0 Å². The van der Waals surface area contributed by atoms with Gasteiger partial charge in [0, 0.05) is 5.92 Å². The SMILES string of the molecule is O=C(NC(C(=O)O)c1ccc2ccccc2c1)C1CCSCC1. The number of rotatable bonds is 4. The lowest BCUT2D eigenvalue weighted by molar-refractivity contribution is -0.142. The molecule has 4 nitrogen and oxygen atoms in total. The summed E-state index contributed by atoms with van der Waals surface area (Å²) in [7, 11) is 0. The van der Waals surface area contributed by atoms with Crippen molar-refractivity contribution >= 4 is 34.4 Å². The third-order valence-corrected chi connectivity index (χ3v) is 5.28. The van der Waals surface area contributed by atoms with Crippen LogP contribution in [-0.4, -0.2) is 28.5 Å². The molecule has 23 heavy (non-hydrogen) atoms. The number of aliphatic carboxylic acids is 1. The minimum Gasteiger partial charge on any atom is -0.479 e. The summed E-state index contributed by atoms with van der Waals surface area (Å²) in [6.45, 7) is 0. The fourth-order valence-electron chi connectivity index (χ4n) is 2.89. The average Bonchev–Trinajstić information content (AvgIpc) is 2.59. The highest BCUT2D eigenvalue weighted by Gasteiger charge is 2.27. The van der Waals surface area contributed by atoms with Crippen LogP contribution in [0.15, 0.2) is 42.5 Å². The zero-order valence-corrected chi connectivity index (χ0v) is 13.5. The fraction of sp³-hybridized carbons (Fsp3) is 0.333. The van der Waals surface area contributed by atoms with Gasteiger partial charge in [0.05, 0.1) is 0 Å². The maximum atomic E-state index is 12.4. The van der Waals surface area contributed by atoms with Crippen molar-refractivity contribution < 1.29 is 14.7 Å². The quantitative estimate of drug-likeness (QED) is 0.904. The Bertz CT molecular complexity index is 725. The molecule has 1 heterocycles. The van der Waals surface area contributed by atoms with Crippen LogP contribution in [0.25, 0.3) is 10.8 Å². The predicted molar refractivity (Wildman–Crippen MR) is 92.5 cm³/mol. The molecule has 120 valence electrons. The monoisotopic (exact) mass is 329 g/mol. The van der Waals surface area contributed by atoms with Crippen LogP contribution in [0, 0.1) is 5.92 Å². The van der Waals surface area contributed by atoms with E-state index in [1.807, 2.05) is 48.2 Å². The predicted octanol–water partition coefficient (Wildman–Crippen LogP) is 3.22. The molecule has 3 rings (SSSR count). The van der Waals surface area contributed by atoms with Crippen LogP contribution >= 0.6 is 11.8 Å². The van der Waals surface area contributed by atoms with Gasteiger partial charge in [0.15, 0.2) is 6.04 Å². The Balaban J connectivity index is 1.82. The highest BCUT2D eigenvalue weighted by Crippen LogP contribution is 2.25. The van der Waals surface area contributed by atoms with Crippen molar-refractivity contribution in [1.82, 2.24) is 5.32 Å². The molecule has 0 aromatic heterocycles. The van der Waals surface area contributed by atoms with Crippen molar-refractivity contribution in [2.24, 2.45) is 5.92 Å². The number of amides is 1. The molecular formula is C18H19NO3S. The lowest BCUT2D eigenvalue weighted by Gasteiger charge is -2.23. The molecule has 1 aliphatic heterocycles. The van der Waals surface area contributed by atoms with Crippen LogP contribution in [0.2, 0.25) is 0 Å². The van der Waals surface area contributed by atoms with E-state index in [0.717, 1.165) is 35.1 Å². The number of nitrogens with one attached hydrogen (secondary N) is 1. The number of carboxylic acid groups (broad SMARTS) is 1. The zero-order valence-electron chi connectivity index (χ0n) is 12.7. The summed E-state index contributed by atoms with van der Waals surface area (Å²) in [5, 5.41) is 14.3. The first-order valence-electron chi connectivity index (χ1n) is 7.75. The Kier molecular flexibility index (Phi) is 4.86. The summed E-state index contributed by atoms with van der Waals surface area (Å²) in [5.41, 5.74) is 0.606. The summed E-state index contributed by atoms with van der Waals surface area (Å²) >= 11 is 1.84. The van der Waals surface area contributed by atoms with E-state index in [0.29, 0.717) is 5.56 Å². The highest BCUT2D eigenvalue weighted by molar-refractivity contribution is 7.99. The van der Waals surface area contributed by atoms with E-state index in [1.54, 1.807) is 6.07 Å². The number of carbonyl (C=O) groups excluding carboxylic acids is 1. The van der Waals surface area contributed by atoms with Gasteiger partial charge in [0.25, 0.3) is 0 Å². The minimum atomic E-state index is -1.03. The van der Waals surface area contributed by atoms with Gasteiger partial charge in [-0.1, -0.05) is 36.4 Å². The van der Waals surface area contributed by atoms with Crippen LogP contribution in [0.4, 0.5) is 0 Å². The zero-order chi connectivity index (χ0) is 16.2. The molecule has 0 saturated carbocycles. The number of hydrogen-bond donors (Lipinski definition) is 2. The molecule has 0 aliphatic carbocycles. The minimum absolute atomic E-state index is 0.0708. The molecule has 1 aliphatic rings. The number of carboxylic acids is 1. The molecule has 1 fully saturated rings. The molecule has 0 bridgehead atoms. The standard InChI is InChI=1S/C18H19NO3S/c20-17(13-7-9-23-10-8-13)19-16(18(21)22)15-6-5-12-3-1-2-4-14(12)11-15/h1-6,11,13,16H,7-10H2,(H,19,20)(H,21,22). The van der Waals surface area contributed by atoms with Gasteiger partial charge < -0.3 is 10.4 Å². The van der Waals surface area contributed by atoms with Gasteiger partial charge in [-0.3, -0.25) is 4.79 Å². The third-order valence-electron chi connectivity index (χ3n) is 4.23. The first kappa shape index (κ1) is 15.9. The van der Waals surface area contributed by atoms with Crippen LogP contribution < -0.4 is 5.32 Å². The summed E-state index contributed by atoms with van der Waals surface area (Å²) in [4.78, 5) is 24.0. The second-order valence-electron chi connectivity index (χ2n) is 5.77. The number of benzene rings is 2. The fourth-order valence-corrected chi connectivity index (χ4v) is 4.00. The second-order valence-corrected chi connectivity index (χ2v) is 7.00. The maximum Gasteiger partial charge on any atom is 0.330 e. The van der Waals surface area contributed by atoms with E-state index in [4.69, 9.17) is 0 Å². The Morgan fingerprint density at radius 3 is 2.48 bits per heavy atom. The van der Waals surface area contributed by atoms with E-state index in [-0.39, 0.29) is 11.8 Å². The first-order chi connectivity index (χ1) is 11.1. The molecule has 0 spiro atoms. The highest BCUT2D eigenvalue weighted by atomic mass is 32.2. The molecule has 1 amide bonds. The summed E-state index contributed by atoms with van der Waals surface area (Å²) in [6.07, 6.45) is 1.64. The van der Waals surface area contributed by atoms with Gasteiger partial charge >= 0.3 is 5.97 Å². The summed E-state index contributed by atoms with van der Waals surface area (Å²) < 4.78 is 0. The van der Waals surface area contributed by atoms with Crippen molar-refractivity contribution in [2.45, 2.75) is 18.9 Å². The molecule has 2 N–H and O–H groups in total. The van der Waals surface area contributed by atoms with E-state index in [9.17, 15) is 14.7 Å². The lowest BCUT2D eigenvalue weighted by atomic mass is 9.98. The Hall–Kier alpha value is -2.01.